The molecule has 33 heavy (non-hydrogen) atoms. The maximum absolute atomic E-state index is 13.4. The van der Waals surface area contributed by atoms with Crippen LogP contribution in [0.15, 0.2) is 0 Å². The molecule has 5 rings (SSSR count). The van der Waals surface area contributed by atoms with E-state index in [9.17, 15) is 9.59 Å². The highest BCUT2D eigenvalue weighted by atomic mass is 16.7. The van der Waals surface area contributed by atoms with E-state index in [-0.39, 0.29) is 40.9 Å². The number of nitrogens with two attached hydrogens (primary N) is 1. The van der Waals surface area contributed by atoms with Crippen molar-refractivity contribution in [3.8, 4) is 0 Å². The van der Waals surface area contributed by atoms with E-state index in [0.29, 0.717) is 24.8 Å². The predicted molar refractivity (Wildman–Crippen MR) is 126 cm³/mol. The Labute approximate surface area is 198 Å². The molecule has 186 valence electrons. The van der Waals surface area contributed by atoms with Crippen LogP contribution in [0, 0.1) is 23.2 Å². The molecule has 0 spiro atoms. The van der Waals surface area contributed by atoms with Gasteiger partial charge in [0, 0.05) is 12.6 Å². The van der Waals surface area contributed by atoms with E-state index < -0.39 is 24.9 Å². The SMILES string of the molecule is CC(C)[C@H](NC(=O)[C@@H]1C[C@H](N)CN1C(=O)OC(C)(C)C)B1OC2CC3C[C@@H](C3(C)C)[C@]2(C)O1. The highest BCUT2D eigenvalue weighted by Crippen LogP contribution is 2.65. The van der Waals surface area contributed by atoms with Gasteiger partial charge in [0.1, 0.15) is 11.6 Å². The van der Waals surface area contributed by atoms with Crippen LogP contribution in [0.25, 0.3) is 0 Å². The molecule has 9 heteroatoms. The number of rotatable bonds is 4. The van der Waals surface area contributed by atoms with Crippen molar-refractivity contribution in [1.82, 2.24) is 10.2 Å². The molecule has 5 fully saturated rings. The van der Waals surface area contributed by atoms with E-state index in [1.165, 1.54) is 11.3 Å². The molecule has 2 aliphatic heterocycles. The molecular formula is C24H42BN3O5. The van der Waals surface area contributed by atoms with E-state index in [1.807, 2.05) is 20.8 Å². The summed E-state index contributed by atoms with van der Waals surface area (Å²) in [7, 11) is -0.510. The molecule has 0 aromatic rings. The lowest BCUT2D eigenvalue weighted by Gasteiger charge is -2.64. The number of carbonyl (C=O) groups excluding carboxylic acids is 2. The molecule has 5 aliphatic rings. The smallest absolute Gasteiger partial charge is 0.444 e. The van der Waals surface area contributed by atoms with E-state index in [2.05, 4.69) is 39.9 Å². The maximum atomic E-state index is 13.4. The number of nitrogens with one attached hydrogen (secondary N) is 1. The van der Waals surface area contributed by atoms with Crippen molar-refractivity contribution in [3.05, 3.63) is 0 Å². The third-order valence-electron chi connectivity index (χ3n) is 8.55. The summed E-state index contributed by atoms with van der Waals surface area (Å²) in [5.74, 6) is 0.660. The standard InChI is InChI=1S/C24H42BN3O5/c1-13(2)19(25-32-18-10-14-9-17(23(14,6)7)24(18,8)33-25)27-20(29)16-11-15(26)12-28(16)21(30)31-22(3,4)5/h13-19H,9-12,26H2,1-8H3,(H,27,29)/t14?,15-,16-,17-,18?,19-,24-/m0/s1. The zero-order valence-electron chi connectivity index (χ0n) is 21.5. The Morgan fingerprint density at radius 3 is 2.42 bits per heavy atom. The van der Waals surface area contributed by atoms with Gasteiger partial charge in [0.25, 0.3) is 0 Å². The van der Waals surface area contributed by atoms with Crippen molar-refractivity contribution in [2.45, 2.75) is 110 Å². The van der Waals surface area contributed by atoms with Gasteiger partial charge < -0.3 is 25.1 Å². The Kier molecular flexibility index (Phi) is 6.11. The van der Waals surface area contributed by atoms with Gasteiger partial charge >= 0.3 is 13.2 Å². The van der Waals surface area contributed by atoms with Gasteiger partial charge in [-0.15, -0.1) is 0 Å². The topological polar surface area (TPSA) is 103 Å². The van der Waals surface area contributed by atoms with E-state index in [0.717, 1.165) is 6.42 Å². The van der Waals surface area contributed by atoms with Crippen LogP contribution in [0.4, 0.5) is 4.79 Å². The number of hydrogen-bond donors (Lipinski definition) is 2. The highest BCUT2D eigenvalue weighted by Gasteiger charge is 2.68. The van der Waals surface area contributed by atoms with Gasteiger partial charge in [0.15, 0.2) is 0 Å². The third-order valence-corrected chi connectivity index (χ3v) is 8.55. The van der Waals surface area contributed by atoms with Crippen molar-refractivity contribution in [1.29, 1.82) is 0 Å². The first kappa shape index (κ1) is 24.8. The van der Waals surface area contributed by atoms with E-state index in [1.54, 1.807) is 0 Å². The van der Waals surface area contributed by atoms with Crippen molar-refractivity contribution in [3.63, 3.8) is 0 Å². The number of hydrogen-bond acceptors (Lipinski definition) is 6. The molecule has 2 bridgehead atoms. The number of nitrogens with zero attached hydrogens (tertiary/aromatic N) is 1. The molecule has 2 saturated heterocycles. The number of amides is 2. The number of ether oxygens (including phenoxy) is 1. The van der Waals surface area contributed by atoms with Crippen LogP contribution >= 0.6 is 0 Å². The zero-order chi connectivity index (χ0) is 24.5. The minimum Gasteiger partial charge on any atom is -0.444 e. The minimum absolute atomic E-state index is 0.0515. The van der Waals surface area contributed by atoms with Crippen LogP contribution in [-0.4, -0.2) is 65.9 Å². The van der Waals surface area contributed by atoms with Gasteiger partial charge in [-0.3, -0.25) is 9.69 Å². The van der Waals surface area contributed by atoms with Crippen LogP contribution in [0.5, 0.6) is 0 Å². The Morgan fingerprint density at radius 2 is 1.85 bits per heavy atom. The Morgan fingerprint density at radius 1 is 1.18 bits per heavy atom. The molecule has 2 heterocycles. The van der Waals surface area contributed by atoms with E-state index >= 15 is 0 Å². The maximum Gasteiger partial charge on any atom is 0.481 e. The summed E-state index contributed by atoms with van der Waals surface area (Å²) in [6, 6.07) is -0.928. The van der Waals surface area contributed by atoms with Crippen molar-refractivity contribution >= 4 is 19.1 Å². The van der Waals surface area contributed by atoms with Crippen molar-refractivity contribution in [2.75, 3.05) is 6.54 Å². The largest absolute Gasteiger partial charge is 0.481 e. The van der Waals surface area contributed by atoms with Gasteiger partial charge in [-0.2, -0.15) is 0 Å². The fourth-order valence-electron chi connectivity index (χ4n) is 6.50. The fourth-order valence-corrected chi connectivity index (χ4v) is 6.50. The fraction of sp³-hybridized carbons (Fsp3) is 0.917. The third kappa shape index (κ3) is 4.29. The average molecular weight is 463 g/mol. The summed E-state index contributed by atoms with van der Waals surface area (Å²) in [6.45, 7) is 16.7. The first-order valence-electron chi connectivity index (χ1n) is 12.5. The summed E-state index contributed by atoms with van der Waals surface area (Å²) in [6.07, 6.45) is 2.13. The Hall–Kier alpha value is -1.32. The molecule has 3 saturated carbocycles. The van der Waals surface area contributed by atoms with Gasteiger partial charge in [-0.1, -0.05) is 27.7 Å². The lowest BCUT2D eigenvalue weighted by molar-refractivity contribution is -0.199. The molecule has 8 nitrogen and oxygen atoms in total. The number of carbonyl (C=O) groups is 2. The summed E-state index contributed by atoms with van der Waals surface area (Å²) in [4.78, 5) is 27.6. The van der Waals surface area contributed by atoms with Crippen LogP contribution in [0.3, 0.4) is 0 Å². The lowest BCUT2D eigenvalue weighted by Crippen LogP contribution is -2.65. The molecule has 0 aromatic heterocycles. The summed E-state index contributed by atoms with van der Waals surface area (Å²) >= 11 is 0. The second-order valence-corrected chi connectivity index (χ2v) is 12.8. The average Bonchev–Trinajstić information content (AvgIpc) is 3.23. The summed E-state index contributed by atoms with van der Waals surface area (Å²) in [5.41, 5.74) is 5.41. The molecule has 7 atom stereocenters. The Balaban J connectivity index is 1.46. The van der Waals surface area contributed by atoms with Crippen LogP contribution in [0.2, 0.25) is 0 Å². The van der Waals surface area contributed by atoms with Gasteiger partial charge in [0.2, 0.25) is 5.91 Å². The van der Waals surface area contributed by atoms with Crippen LogP contribution < -0.4 is 11.1 Å². The second-order valence-electron chi connectivity index (χ2n) is 12.8. The normalized spacial score (nSPS) is 38.1. The molecule has 0 aromatic carbocycles. The van der Waals surface area contributed by atoms with Crippen LogP contribution in [-0.2, 0) is 18.8 Å². The molecule has 0 radical (unpaired) electrons. The molecule has 2 unspecified atom stereocenters. The quantitative estimate of drug-likeness (QED) is 0.622. The van der Waals surface area contributed by atoms with Crippen molar-refractivity contribution in [2.24, 2.45) is 28.9 Å². The van der Waals surface area contributed by atoms with Crippen molar-refractivity contribution < 1.29 is 23.6 Å². The summed E-state index contributed by atoms with van der Waals surface area (Å²) < 4.78 is 18.6. The molecule has 3 aliphatic carbocycles. The predicted octanol–water partition coefficient (Wildman–Crippen LogP) is 2.73. The summed E-state index contributed by atoms with van der Waals surface area (Å²) in [5, 5.41) is 3.15. The first-order chi connectivity index (χ1) is 15.1. The monoisotopic (exact) mass is 463 g/mol. The second kappa shape index (κ2) is 8.13. The molecule has 2 amide bonds. The molecular weight excluding hydrogens is 421 g/mol. The molecule has 3 N–H and O–H groups in total. The first-order valence-corrected chi connectivity index (χ1v) is 12.5. The van der Waals surface area contributed by atoms with Gasteiger partial charge in [-0.05, 0) is 70.1 Å². The van der Waals surface area contributed by atoms with Gasteiger partial charge in [-0.25, -0.2) is 4.79 Å². The lowest BCUT2D eigenvalue weighted by atomic mass is 9.43. The van der Waals surface area contributed by atoms with Gasteiger partial charge in [0.05, 0.1) is 17.6 Å². The van der Waals surface area contributed by atoms with E-state index in [4.69, 9.17) is 19.8 Å². The zero-order valence-corrected chi connectivity index (χ0v) is 21.5. The minimum atomic E-state index is -0.665. The highest BCUT2D eigenvalue weighted by molar-refractivity contribution is 6.48. The van der Waals surface area contributed by atoms with Crippen LogP contribution in [0.1, 0.15) is 74.7 Å². The number of likely N-dealkylation sites (tertiary alicyclic amines) is 1. The Bertz CT molecular complexity index is 799.